The van der Waals surface area contributed by atoms with Crippen molar-refractivity contribution in [1.29, 1.82) is 0 Å². The number of carbonyl (C=O) groups is 1. The van der Waals surface area contributed by atoms with Crippen LogP contribution in [0.2, 0.25) is 0 Å². The molecule has 1 heterocycles. The smallest absolute Gasteiger partial charge is 0.335 e. The largest absolute Gasteiger partial charge is 0.478 e. The number of benzene rings is 1. The zero-order chi connectivity index (χ0) is 15.6. The Morgan fingerprint density at radius 2 is 1.71 bits per heavy atom. The normalized spacial score (nSPS) is 32.7. The van der Waals surface area contributed by atoms with Gasteiger partial charge in [0.1, 0.15) is 30.2 Å². The summed E-state index contributed by atoms with van der Waals surface area (Å²) in [6.07, 6.45) is -6.86. The van der Waals surface area contributed by atoms with E-state index in [1.165, 1.54) is 24.3 Å². The van der Waals surface area contributed by atoms with Gasteiger partial charge in [0, 0.05) is 0 Å². The molecule has 2 rings (SSSR count). The predicted molar refractivity (Wildman–Crippen MR) is 67.8 cm³/mol. The Kier molecular flexibility index (Phi) is 4.76. The van der Waals surface area contributed by atoms with Crippen molar-refractivity contribution < 1.29 is 39.8 Å². The highest BCUT2D eigenvalue weighted by molar-refractivity contribution is 5.87. The molecule has 1 fully saturated rings. The molecule has 8 heteroatoms. The Hall–Kier alpha value is -1.71. The Labute approximate surface area is 119 Å². The molecule has 116 valence electrons. The Morgan fingerprint density at radius 1 is 1.10 bits per heavy atom. The van der Waals surface area contributed by atoms with E-state index in [4.69, 9.17) is 19.7 Å². The molecule has 21 heavy (non-hydrogen) atoms. The molecule has 1 aromatic rings. The highest BCUT2D eigenvalue weighted by Gasteiger charge is 2.44. The van der Waals surface area contributed by atoms with E-state index in [2.05, 4.69) is 0 Å². The first-order valence-electron chi connectivity index (χ1n) is 6.24. The number of hydrogen-bond acceptors (Lipinski definition) is 7. The van der Waals surface area contributed by atoms with Crippen LogP contribution in [0.1, 0.15) is 10.4 Å². The summed E-state index contributed by atoms with van der Waals surface area (Å²) in [7, 11) is 0. The number of aliphatic hydroxyl groups is 4. The average molecular weight is 300 g/mol. The second kappa shape index (κ2) is 6.37. The summed E-state index contributed by atoms with van der Waals surface area (Å²) < 4.78 is 10.5. The van der Waals surface area contributed by atoms with Crippen LogP contribution in [-0.2, 0) is 4.74 Å². The Balaban J connectivity index is 2.08. The van der Waals surface area contributed by atoms with Crippen LogP contribution in [0.3, 0.4) is 0 Å². The molecular formula is C13H16O8. The third kappa shape index (κ3) is 3.31. The number of carboxylic acid groups (broad SMARTS) is 1. The Morgan fingerprint density at radius 3 is 2.24 bits per heavy atom. The van der Waals surface area contributed by atoms with Crippen LogP contribution in [0.15, 0.2) is 24.3 Å². The number of aromatic carboxylic acids is 1. The van der Waals surface area contributed by atoms with Crippen LogP contribution in [-0.4, -0.2) is 68.8 Å². The van der Waals surface area contributed by atoms with E-state index < -0.39 is 43.3 Å². The minimum Gasteiger partial charge on any atom is -0.478 e. The second-order valence-corrected chi connectivity index (χ2v) is 4.64. The first-order chi connectivity index (χ1) is 9.93. The molecule has 0 aliphatic carbocycles. The lowest BCUT2D eigenvalue weighted by molar-refractivity contribution is -0.277. The van der Waals surface area contributed by atoms with Gasteiger partial charge in [0.2, 0.25) is 6.29 Å². The maximum Gasteiger partial charge on any atom is 0.335 e. The molecule has 0 amide bonds. The second-order valence-electron chi connectivity index (χ2n) is 4.64. The lowest BCUT2D eigenvalue weighted by atomic mass is 9.99. The third-order valence-electron chi connectivity index (χ3n) is 3.20. The van der Waals surface area contributed by atoms with Gasteiger partial charge in [-0.15, -0.1) is 0 Å². The highest BCUT2D eigenvalue weighted by Crippen LogP contribution is 2.24. The van der Waals surface area contributed by atoms with Crippen LogP contribution in [0.5, 0.6) is 5.75 Å². The van der Waals surface area contributed by atoms with Crippen molar-refractivity contribution in [3.05, 3.63) is 29.8 Å². The molecule has 1 aliphatic rings. The quantitative estimate of drug-likeness (QED) is 0.456. The summed E-state index contributed by atoms with van der Waals surface area (Å²) >= 11 is 0. The minimum atomic E-state index is -1.53. The molecule has 8 nitrogen and oxygen atoms in total. The van der Waals surface area contributed by atoms with Gasteiger partial charge >= 0.3 is 5.97 Å². The van der Waals surface area contributed by atoms with E-state index in [-0.39, 0.29) is 11.3 Å². The summed E-state index contributed by atoms with van der Waals surface area (Å²) in [5.41, 5.74) is 0.0659. The highest BCUT2D eigenvalue weighted by atomic mass is 16.7. The maximum atomic E-state index is 10.7. The molecule has 1 saturated heterocycles. The first kappa shape index (κ1) is 15.7. The molecule has 0 saturated carbocycles. The Bertz CT molecular complexity index is 485. The fourth-order valence-electron chi connectivity index (χ4n) is 1.97. The van der Waals surface area contributed by atoms with Crippen LogP contribution in [0.25, 0.3) is 0 Å². The summed E-state index contributed by atoms with van der Waals surface area (Å²) in [5, 5.41) is 46.9. The standard InChI is InChI=1S/C13H16O8/c14-5-8-9(15)10(16)11(17)13(21-8)20-7-3-1-6(2-4-7)12(18)19/h1-4,8-11,13-17H,5H2,(H,18,19)/t8-,9-,10-,11-,13-/m1/s1. The first-order valence-corrected chi connectivity index (χ1v) is 6.24. The van der Waals surface area contributed by atoms with Gasteiger partial charge in [-0.3, -0.25) is 0 Å². The molecule has 1 aromatic carbocycles. The van der Waals surface area contributed by atoms with Crippen molar-refractivity contribution >= 4 is 5.97 Å². The minimum absolute atomic E-state index is 0.0659. The molecule has 0 aromatic heterocycles. The molecule has 0 bridgehead atoms. The predicted octanol–water partition coefficient (Wildman–Crippen LogP) is -1.44. The number of ether oxygens (including phenoxy) is 2. The number of carboxylic acids is 1. The van der Waals surface area contributed by atoms with E-state index in [0.717, 1.165) is 0 Å². The van der Waals surface area contributed by atoms with Gasteiger partial charge in [-0.05, 0) is 24.3 Å². The van der Waals surface area contributed by atoms with Gasteiger partial charge in [-0.25, -0.2) is 4.79 Å². The fourth-order valence-corrected chi connectivity index (χ4v) is 1.97. The van der Waals surface area contributed by atoms with Gasteiger partial charge in [-0.2, -0.15) is 0 Å². The zero-order valence-electron chi connectivity index (χ0n) is 10.9. The summed E-state index contributed by atoms with van der Waals surface area (Å²) in [6, 6.07) is 5.35. The van der Waals surface area contributed by atoms with E-state index in [9.17, 15) is 20.1 Å². The van der Waals surface area contributed by atoms with E-state index in [1.54, 1.807) is 0 Å². The van der Waals surface area contributed by atoms with Crippen molar-refractivity contribution in [2.45, 2.75) is 30.7 Å². The summed E-state index contributed by atoms with van der Waals surface area (Å²) in [4.78, 5) is 10.7. The van der Waals surface area contributed by atoms with Crippen LogP contribution >= 0.6 is 0 Å². The van der Waals surface area contributed by atoms with Crippen molar-refractivity contribution in [1.82, 2.24) is 0 Å². The number of aliphatic hydroxyl groups excluding tert-OH is 4. The van der Waals surface area contributed by atoms with Crippen molar-refractivity contribution in [3.63, 3.8) is 0 Å². The summed E-state index contributed by atoms with van der Waals surface area (Å²) in [6.45, 7) is -0.553. The van der Waals surface area contributed by atoms with Crippen LogP contribution in [0.4, 0.5) is 0 Å². The van der Waals surface area contributed by atoms with Crippen molar-refractivity contribution in [3.8, 4) is 5.75 Å². The molecule has 1 aliphatic heterocycles. The lowest BCUT2D eigenvalue weighted by Crippen LogP contribution is -2.60. The van der Waals surface area contributed by atoms with Gasteiger partial charge in [-0.1, -0.05) is 0 Å². The van der Waals surface area contributed by atoms with Crippen LogP contribution < -0.4 is 4.74 Å². The molecule has 0 unspecified atom stereocenters. The lowest BCUT2D eigenvalue weighted by Gasteiger charge is -2.39. The van der Waals surface area contributed by atoms with E-state index >= 15 is 0 Å². The fraction of sp³-hybridized carbons (Fsp3) is 0.462. The monoisotopic (exact) mass is 300 g/mol. The van der Waals surface area contributed by atoms with Crippen LogP contribution in [0, 0.1) is 0 Å². The maximum absolute atomic E-state index is 10.7. The topological polar surface area (TPSA) is 137 Å². The van der Waals surface area contributed by atoms with Gasteiger partial charge in [0.05, 0.1) is 12.2 Å². The summed E-state index contributed by atoms with van der Waals surface area (Å²) in [5.74, 6) is -0.876. The van der Waals surface area contributed by atoms with E-state index in [1.807, 2.05) is 0 Å². The molecule has 0 radical (unpaired) electrons. The number of rotatable bonds is 4. The third-order valence-corrected chi connectivity index (χ3v) is 3.20. The van der Waals surface area contributed by atoms with Gasteiger partial charge < -0.3 is 35.0 Å². The van der Waals surface area contributed by atoms with Gasteiger partial charge in [0.15, 0.2) is 0 Å². The van der Waals surface area contributed by atoms with E-state index in [0.29, 0.717) is 0 Å². The molecule has 0 spiro atoms. The molecular weight excluding hydrogens is 284 g/mol. The number of hydrogen-bond donors (Lipinski definition) is 5. The molecule has 5 atom stereocenters. The average Bonchev–Trinajstić information content (AvgIpc) is 2.48. The zero-order valence-corrected chi connectivity index (χ0v) is 10.9. The molecule has 5 N–H and O–H groups in total. The van der Waals surface area contributed by atoms with Crippen molar-refractivity contribution in [2.75, 3.05) is 6.61 Å². The SMILES string of the molecule is O=C(O)c1ccc(O[C@@H]2O[C@H](CO)[C@@H](O)[C@@H](O)[C@H]2O)cc1. The van der Waals surface area contributed by atoms with Crippen molar-refractivity contribution in [2.24, 2.45) is 0 Å². The van der Waals surface area contributed by atoms with Gasteiger partial charge in [0.25, 0.3) is 0 Å².